The molecule has 58 heavy (non-hydrogen) atoms. The number of hydrogen-bond acceptors (Lipinski definition) is 6. The van der Waals surface area contributed by atoms with Crippen LogP contribution in [0.25, 0.3) is 0 Å². The number of esters is 3. The van der Waals surface area contributed by atoms with E-state index in [2.05, 4.69) is 45.1 Å². The predicted octanol–water partition coefficient (Wildman–Crippen LogP) is 16.4. The summed E-state index contributed by atoms with van der Waals surface area (Å²) < 4.78 is 16.8. The second kappa shape index (κ2) is 47.6. The number of hydrogen-bond donors (Lipinski definition) is 0. The topological polar surface area (TPSA) is 78.9 Å². The molecular formula is C52H96O6. The first-order valence-corrected chi connectivity index (χ1v) is 25.3. The third-order valence-corrected chi connectivity index (χ3v) is 11.2. The minimum atomic E-state index is -0.767. The molecule has 0 spiro atoms. The molecule has 0 heterocycles. The maximum Gasteiger partial charge on any atom is 0.306 e. The van der Waals surface area contributed by atoms with E-state index in [9.17, 15) is 14.4 Å². The molecule has 6 heteroatoms. The summed E-state index contributed by atoms with van der Waals surface area (Å²) in [6.07, 6.45) is 53.0. The Morgan fingerprint density at radius 1 is 0.345 bits per heavy atom. The highest BCUT2D eigenvalue weighted by Gasteiger charge is 2.19. The van der Waals surface area contributed by atoms with Gasteiger partial charge >= 0.3 is 17.9 Å². The zero-order valence-corrected chi connectivity index (χ0v) is 38.8. The monoisotopic (exact) mass is 817 g/mol. The molecule has 1 atom stereocenters. The molecule has 0 radical (unpaired) electrons. The van der Waals surface area contributed by atoms with Gasteiger partial charge in [0.15, 0.2) is 6.10 Å². The van der Waals surface area contributed by atoms with Crippen molar-refractivity contribution in [3.8, 4) is 0 Å². The summed E-state index contributed by atoms with van der Waals surface area (Å²) in [5.74, 6) is -0.866. The average Bonchev–Trinajstić information content (AvgIpc) is 3.22. The van der Waals surface area contributed by atoms with Crippen LogP contribution in [0.1, 0.15) is 271 Å². The van der Waals surface area contributed by atoms with Crippen molar-refractivity contribution in [2.75, 3.05) is 13.2 Å². The fraction of sp³-hybridized carbons (Fsp3) is 0.865. The van der Waals surface area contributed by atoms with Crippen molar-refractivity contribution in [2.24, 2.45) is 0 Å². The zero-order valence-electron chi connectivity index (χ0n) is 38.8. The van der Waals surface area contributed by atoms with Crippen LogP contribution in [0.15, 0.2) is 24.3 Å². The molecule has 0 rings (SSSR count). The van der Waals surface area contributed by atoms with Gasteiger partial charge in [0, 0.05) is 19.3 Å². The van der Waals surface area contributed by atoms with Crippen LogP contribution in [-0.4, -0.2) is 37.2 Å². The Bertz CT molecular complexity index is 942. The third-order valence-electron chi connectivity index (χ3n) is 11.2. The van der Waals surface area contributed by atoms with Crippen LogP contribution >= 0.6 is 0 Å². The first-order chi connectivity index (χ1) is 28.5. The molecular weight excluding hydrogens is 721 g/mol. The summed E-state index contributed by atoms with van der Waals surface area (Å²) in [6.45, 7) is 6.62. The van der Waals surface area contributed by atoms with Gasteiger partial charge < -0.3 is 14.2 Å². The second-order valence-electron chi connectivity index (χ2n) is 17.1. The van der Waals surface area contributed by atoms with E-state index in [1.165, 1.54) is 161 Å². The first kappa shape index (κ1) is 55.9. The summed E-state index contributed by atoms with van der Waals surface area (Å²) in [7, 11) is 0. The maximum atomic E-state index is 12.7. The minimum absolute atomic E-state index is 0.0691. The Kier molecular flexibility index (Phi) is 45.8. The van der Waals surface area contributed by atoms with Crippen LogP contribution in [0.3, 0.4) is 0 Å². The molecule has 0 aromatic rings. The van der Waals surface area contributed by atoms with Crippen LogP contribution in [0.4, 0.5) is 0 Å². The third kappa shape index (κ3) is 45.0. The van der Waals surface area contributed by atoms with Gasteiger partial charge in [0.25, 0.3) is 0 Å². The molecule has 340 valence electrons. The van der Waals surface area contributed by atoms with Gasteiger partial charge in [0.05, 0.1) is 0 Å². The lowest BCUT2D eigenvalue weighted by Gasteiger charge is -2.18. The highest BCUT2D eigenvalue weighted by Crippen LogP contribution is 2.15. The molecule has 6 nitrogen and oxygen atoms in total. The van der Waals surface area contributed by atoms with Gasteiger partial charge in [-0.15, -0.1) is 0 Å². The summed E-state index contributed by atoms with van der Waals surface area (Å²) in [6, 6.07) is 0. The number of ether oxygens (including phenoxy) is 3. The molecule has 0 aliphatic heterocycles. The smallest absolute Gasteiger partial charge is 0.306 e. The predicted molar refractivity (Wildman–Crippen MR) is 247 cm³/mol. The van der Waals surface area contributed by atoms with Crippen molar-refractivity contribution in [1.29, 1.82) is 0 Å². The lowest BCUT2D eigenvalue weighted by atomic mass is 10.0. The molecule has 0 amide bonds. The Labute approximate surface area is 360 Å². The van der Waals surface area contributed by atoms with Gasteiger partial charge in [-0.1, -0.05) is 225 Å². The average molecular weight is 817 g/mol. The van der Waals surface area contributed by atoms with Gasteiger partial charge in [0.2, 0.25) is 0 Å². The van der Waals surface area contributed by atoms with Gasteiger partial charge in [-0.25, -0.2) is 0 Å². The van der Waals surface area contributed by atoms with Crippen LogP contribution in [0.5, 0.6) is 0 Å². The van der Waals surface area contributed by atoms with E-state index in [-0.39, 0.29) is 31.1 Å². The van der Waals surface area contributed by atoms with Crippen molar-refractivity contribution in [1.82, 2.24) is 0 Å². The number of unbranched alkanes of at least 4 members (excludes halogenated alkanes) is 31. The van der Waals surface area contributed by atoms with Gasteiger partial charge in [-0.3, -0.25) is 14.4 Å². The summed E-state index contributed by atoms with van der Waals surface area (Å²) in [5, 5.41) is 0. The van der Waals surface area contributed by atoms with E-state index in [0.717, 1.165) is 70.6 Å². The fourth-order valence-electron chi connectivity index (χ4n) is 7.36. The highest BCUT2D eigenvalue weighted by molar-refractivity contribution is 5.71. The number of rotatable bonds is 46. The molecule has 0 aliphatic rings. The van der Waals surface area contributed by atoms with Gasteiger partial charge in [0.1, 0.15) is 13.2 Å². The normalized spacial score (nSPS) is 12.1. The standard InChI is InChI=1S/C52H96O6/c1-4-7-10-13-16-19-22-24-25-26-27-28-31-33-36-39-42-45-51(54)57-48-49(58-52(55)46-43-40-37-34-29-21-18-15-12-9-6-3)47-56-50(53)44-41-38-35-32-30-23-20-17-14-11-8-5-2/h16,19,24-25,49H,4-15,17-18,20-23,26-48H2,1-3H3/b19-16-,25-24-/t49-/m0/s1. The summed E-state index contributed by atoms with van der Waals surface area (Å²) >= 11 is 0. The van der Waals surface area contributed by atoms with Crippen molar-refractivity contribution < 1.29 is 28.6 Å². The largest absolute Gasteiger partial charge is 0.462 e. The second-order valence-corrected chi connectivity index (χ2v) is 17.1. The molecule has 0 unspecified atom stereocenters. The number of carbonyl (C=O) groups excluding carboxylic acids is 3. The molecule has 0 aliphatic carbocycles. The Morgan fingerprint density at radius 3 is 0.983 bits per heavy atom. The van der Waals surface area contributed by atoms with Crippen molar-refractivity contribution in [2.45, 2.75) is 277 Å². The SMILES string of the molecule is CCCCC/C=C\C/C=C\CCCCCCCCCC(=O)OC[C@H](COC(=O)CCCCCCCCCCCCCC)OC(=O)CCCCCCCCCCCCC. The number of allylic oxidation sites excluding steroid dienone is 4. The van der Waals surface area contributed by atoms with Crippen LogP contribution in [0, 0.1) is 0 Å². The molecule has 0 fully saturated rings. The Morgan fingerprint density at radius 2 is 0.621 bits per heavy atom. The van der Waals surface area contributed by atoms with E-state index in [0.29, 0.717) is 19.3 Å². The molecule has 0 saturated carbocycles. The first-order valence-electron chi connectivity index (χ1n) is 25.3. The van der Waals surface area contributed by atoms with E-state index in [1.54, 1.807) is 0 Å². The molecule has 0 aromatic heterocycles. The minimum Gasteiger partial charge on any atom is -0.462 e. The van der Waals surface area contributed by atoms with Crippen LogP contribution in [-0.2, 0) is 28.6 Å². The van der Waals surface area contributed by atoms with E-state index in [1.807, 2.05) is 0 Å². The quantitative estimate of drug-likeness (QED) is 0.0263. The summed E-state index contributed by atoms with van der Waals surface area (Å²) in [4.78, 5) is 37.9. The summed E-state index contributed by atoms with van der Waals surface area (Å²) in [5.41, 5.74) is 0. The van der Waals surface area contributed by atoms with Crippen molar-refractivity contribution in [3.05, 3.63) is 24.3 Å². The molecule has 0 aromatic carbocycles. The maximum absolute atomic E-state index is 12.7. The molecule has 0 bridgehead atoms. The van der Waals surface area contributed by atoms with E-state index < -0.39 is 6.10 Å². The Balaban J connectivity index is 4.32. The van der Waals surface area contributed by atoms with E-state index >= 15 is 0 Å². The Hall–Kier alpha value is -2.11. The van der Waals surface area contributed by atoms with Crippen LogP contribution < -0.4 is 0 Å². The van der Waals surface area contributed by atoms with Gasteiger partial charge in [-0.2, -0.15) is 0 Å². The highest BCUT2D eigenvalue weighted by atomic mass is 16.6. The lowest BCUT2D eigenvalue weighted by Crippen LogP contribution is -2.30. The molecule has 0 saturated heterocycles. The number of carbonyl (C=O) groups is 3. The van der Waals surface area contributed by atoms with Gasteiger partial charge in [-0.05, 0) is 51.4 Å². The lowest BCUT2D eigenvalue weighted by molar-refractivity contribution is -0.167. The van der Waals surface area contributed by atoms with Crippen LogP contribution in [0.2, 0.25) is 0 Å². The zero-order chi connectivity index (χ0) is 42.3. The molecule has 0 N–H and O–H groups in total. The van der Waals surface area contributed by atoms with Crippen molar-refractivity contribution in [3.63, 3.8) is 0 Å². The fourth-order valence-corrected chi connectivity index (χ4v) is 7.36. The van der Waals surface area contributed by atoms with Crippen molar-refractivity contribution >= 4 is 17.9 Å². The van der Waals surface area contributed by atoms with E-state index in [4.69, 9.17) is 14.2 Å².